The Bertz CT molecular complexity index is 1030. The number of benzene rings is 1. The average molecular weight is 380 g/mol. The molecule has 3 aromatic rings. The molecule has 0 spiro atoms. The Kier molecular flexibility index (Phi) is 5.06. The van der Waals surface area contributed by atoms with E-state index in [0.29, 0.717) is 18.7 Å². The third-order valence-corrected chi connectivity index (χ3v) is 5.03. The number of methoxy groups -OCH3 is 1. The summed E-state index contributed by atoms with van der Waals surface area (Å²) in [5.41, 5.74) is 1.42. The first-order valence-electron chi connectivity index (χ1n) is 9.26. The minimum Gasteiger partial charge on any atom is -0.494 e. The number of hydrogen-bond acceptors (Lipinski definition) is 4. The van der Waals surface area contributed by atoms with E-state index in [4.69, 9.17) is 4.74 Å². The number of aromatic nitrogens is 3. The molecular formula is C21H21FN4O2. The summed E-state index contributed by atoms with van der Waals surface area (Å²) >= 11 is 0. The highest BCUT2D eigenvalue weighted by Gasteiger charge is 2.27. The van der Waals surface area contributed by atoms with Gasteiger partial charge in [0, 0.05) is 31.3 Å². The van der Waals surface area contributed by atoms with Gasteiger partial charge in [-0.3, -0.25) is 9.20 Å². The Morgan fingerprint density at radius 2 is 2.18 bits per heavy atom. The van der Waals surface area contributed by atoms with Crippen LogP contribution in [0.1, 0.15) is 30.1 Å². The first-order valence-corrected chi connectivity index (χ1v) is 9.26. The molecule has 0 saturated carbocycles. The topological polar surface area (TPSA) is 59.7 Å². The Morgan fingerprint density at radius 1 is 1.29 bits per heavy atom. The molecule has 1 fully saturated rings. The van der Waals surface area contributed by atoms with Crippen LogP contribution in [0.2, 0.25) is 0 Å². The largest absolute Gasteiger partial charge is 0.494 e. The minimum atomic E-state index is -0.450. The van der Waals surface area contributed by atoms with E-state index in [0.717, 1.165) is 24.3 Å². The van der Waals surface area contributed by atoms with E-state index in [1.165, 1.54) is 19.3 Å². The van der Waals surface area contributed by atoms with Gasteiger partial charge in [0.05, 0.1) is 7.11 Å². The van der Waals surface area contributed by atoms with Gasteiger partial charge in [-0.1, -0.05) is 12.1 Å². The number of carbonyl (C=O) groups excluding carboxylic acids is 1. The maximum atomic E-state index is 13.8. The van der Waals surface area contributed by atoms with Crippen molar-refractivity contribution >= 4 is 17.6 Å². The van der Waals surface area contributed by atoms with E-state index in [1.54, 1.807) is 18.2 Å². The van der Waals surface area contributed by atoms with E-state index in [2.05, 4.69) is 10.2 Å². The van der Waals surface area contributed by atoms with Crippen LogP contribution in [-0.4, -0.2) is 45.6 Å². The fourth-order valence-electron chi connectivity index (χ4n) is 3.59. The number of piperidine rings is 1. The van der Waals surface area contributed by atoms with Gasteiger partial charge in [-0.25, -0.2) is 4.39 Å². The maximum Gasteiger partial charge on any atom is 0.246 e. The predicted molar refractivity (Wildman–Crippen MR) is 104 cm³/mol. The number of hydrogen-bond donors (Lipinski definition) is 0. The molecule has 1 aliphatic heterocycles. The van der Waals surface area contributed by atoms with Gasteiger partial charge in [-0.15, -0.1) is 10.2 Å². The van der Waals surface area contributed by atoms with Crippen molar-refractivity contribution in [2.24, 2.45) is 0 Å². The quantitative estimate of drug-likeness (QED) is 0.652. The van der Waals surface area contributed by atoms with Crippen molar-refractivity contribution in [2.75, 3.05) is 20.2 Å². The van der Waals surface area contributed by atoms with E-state index >= 15 is 0 Å². The van der Waals surface area contributed by atoms with E-state index < -0.39 is 5.82 Å². The normalized spacial score (nSPS) is 17.4. The fourth-order valence-corrected chi connectivity index (χ4v) is 3.59. The number of nitrogens with zero attached hydrogens (tertiary/aromatic N) is 4. The van der Waals surface area contributed by atoms with Crippen LogP contribution in [0.3, 0.4) is 0 Å². The number of likely N-dealkylation sites (tertiary alicyclic amines) is 1. The first kappa shape index (κ1) is 18.2. The number of pyridine rings is 1. The molecule has 7 heteroatoms. The number of fused-ring (bicyclic) bond motifs is 1. The summed E-state index contributed by atoms with van der Waals surface area (Å²) in [5.74, 6) is 0.669. The zero-order valence-electron chi connectivity index (χ0n) is 15.6. The zero-order chi connectivity index (χ0) is 19.5. The summed E-state index contributed by atoms with van der Waals surface area (Å²) in [5, 5.41) is 8.55. The smallest absolute Gasteiger partial charge is 0.246 e. The van der Waals surface area contributed by atoms with Crippen molar-refractivity contribution < 1.29 is 13.9 Å². The molecule has 6 nitrogen and oxygen atoms in total. The Balaban J connectivity index is 1.47. The van der Waals surface area contributed by atoms with Crippen molar-refractivity contribution in [1.82, 2.24) is 19.5 Å². The van der Waals surface area contributed by atoms with Gasteiger partial charge in [0.1, 0.15) is 5.82 Å². The lowest BCUT2D eigenvalue weighted by molar-refractivity contribution is -0.127. The van der Waals surface area contributed by atoms with Crippen LogP contribution in [0.4, 0.5) is 4.39 Å². The molecular weight excluding hydrogens is 359 g/mol. The molecule has 1 amide bonds. The first-order chi connectivity index (χ1) is 13.7. The molecule has 0 aliphatic carbocycles. The average Bonchev–Trinajstić information content (AvgIpc) is 3.16. The number of rotatable bonds is 4. The summed E-state index contributed by atoms with van der Waals surface area (Å²) in [6.07, 6.45) is 6.94. The van der Waals surface area contributed by atoms with Gasteiger partial charge in [0.15, 0.2) is 17.2 Å². The Hall–Kier alpha value is -3.22. The third-order valence-electron chi connectivity index (χ3n) is 5.03. The SMILES string of the molecule is COc1ccc(C=CC(=O)N2CCCC(c3nnc4ccccn34)C2)cc1F. The number of ether oxygens (including phenoxy) is 1. The van der Waals surface area contributed by atoms with Crippen LogP contribution >= 0.6 is 0 Å². The van der Waals surface area contributed by atoms with Crippen molar-refractivity contribution in [1.29, 1.82) is 0 Å². The van der Waals surface area contributed by atoms with Gasteiger partial charge in [-0.2, -0.15) is 0 Å². The van der Waals surface area contributed by atoms with Crippen LogP contribution < -0.4 is 4.74 Å². The zero-order valence-corrected chi connectivity index (χ0v) is 15.6. The molecule has 1 saturated heterocycles. The molecule has 0 N–H and O–H groups in total. The monoisotopic (exact) mass is 380 g/mol. The highest BCUT2D eigenvalue weighted by molar-refractivity contribution is 5.91. The highest BCUT2D eigenvalue weighted by Crippen LogP contribution is 2.26. The minimum absolute atomic E-state index is 0.0882. The fraction of sp³-hybridized carbons (Fsp3) is 0.286. The van der Waals surface area contributed by atoms with E-state index in [9.17, 15) is 9.18 Å². The van der Waals surface area contributed by atoms with Crippen LogP contribution in [0.25, 0.3) is 11.7 Å². The second kappa shape index (κ2) is 7.80. The molecule has 1 aromatic carbocycles. The van der Waals surface area contributed by atoms with Crippen LogP contribution in [-0.2, 0) is 4.79 Å². The van der Waals surface area contributed by atoms with Gasteiger partial charge < -0.3 is 9.64 Å². The second-order valence-corrected chi connectivity index (χ2v) is 6.84. The Labute approximate surface area is 162 Å². The summed E-state index contributed by atoms with van der Waals surface area (Å²) < 4.78 is 20.7. The van der Waals surface area contributed by atoms with Gasteiger partial charge in [-0.05, 0) is 48.7 Å². The lowest BCUT2D eigenvalue weighted by atomic mass is 9.97. The van der Waals surface area contributed by atoms with Crippen LogP contribution in [0.5, 0.6) is 5.75 Å². The molecule has 1 atom stereocenters. The van der Waals surface area contributed by atoms with Gasteiger partial charge in [0.25, 0.3) is 0 Å². The van der Waals surface area contributed by atoms with Crippen LogP contribution in [0, 0.1) is 5.82 Å². The van der Waals surface area contributed by atoms with Gasteiger partial charge >= 0.3 is 0 Å². The second-order valence-electron chi connectivity index (χ2n) is 6.84. The number of halogens is 1. The summed E-state index contributed by atoms with van der Waals surface area (Å²) in [6.45, 7) is 1.29. The summed E-state index contributed by atoms with van der Waals surface area (Å²) in [6, 6.07) is 10.4. The molecule has 2 aromatic heterocycles. The highest BCUT2D eigenvalue weighted by atomic mass is 19.1. The third kappa shape index (κ3) is 3.60. The standard InChI is InChI=1S/C21H21FN4O2/c1-28-18-9-7-15(13-17(18)22)8-10-20(27)25-11-4-5-16(14-25)21-24-23-19-6-2-3-12-26(19)21/h2-3,6-10,12-13,16H,4-5,11,14H2,1H3. The predicted octanol–water partition coefficient (Wildman–Crippen LogP) is 3.30. The number of carbonyl (C=O) groups is 1. The lowest BCUT2D eigenvalue weighted by Crippen LogP contribution is -2.38. The summed E-state index contributed by atoms with van der Waals surface area (Å²) in [7, 11) is 1.42. The van der Waals surface area contributed by atoms with Crippen LogP contribution in [0.15, 0.2) is 48.7 Å². The van der Waals surface area contributed by atoms with Gasteiger partial charge in [0.2, 0.25) is 5.91 Å². The molecule has 0 radical (unpaired) electrons. The molecule has 0 bridgehead atoms. The molecule has 1 aliphatic rings. The lowest BCUT2D eigenvalue weighted by Gasteiger charge is -2.31. The molecule has 28 heavy (non-hydrogen) atoms. The molecule has 144 valence electrons. The molecule has 3 heterocycles. The van der Waals surface area contributed by atoms with Crippen molar-refractivity contribution in [3.63, 3.8) is 0 Å². The molecule has 1 unspecified atom stereocenters. The molecule has 4 rings (SSSR count). The maximum absolute atomic E-state index is 13.8. The van der Waals surface area contributed by atoms with E-state index in [1.807, 2.05) is 33.7 Å². The summed E-state index contributed by atoms with van der Waals surface area (Å²) in [4.78, 5) is 14.5. The van der Waals surface area contributed by atoms with Crippen molar-refractivity contribution in [2.45, 2.75) is 18.8 Å². The van der Waals surface area contributed by atoms with Crippen molar-refractivity contribution in [3.05, 3.63) is 65.9 Å². The number of amides is 1. The Morgan fingerprint density at radius 3 is 3.00 bits per heavy atom. The van der Waals surface area contributed by atoms with Crippen molar-refractivity contribution in [3.8, 4) is 5.75 Å². The van der Waals surface area contributed by atoms with E-state index in [-0.39, 0.29) is 17.6 Å².